The maximum absolute atomic E-state index is 11.0. The van der Waals surface area contributed by atoms with Crippen LogP contribution in [0.1, 0.15) is 66.2 Å². The second kappa shape index (κ2) is 12.4. The van der Waals surface area contributed by atoms with Gasteiger partial charge in [-0.2, -0.15) is 0 Å². The van der Waals surface area contributed by atoms with Crippen molar-refractivity contribution in [1.82, 2.24) is 9.80 Å². The largest absolute Gasteiger partial charge is 0.440 e. The third-order valence-electron chi connectivity index (χ3n) is 7.10. The van der Waals surface area contributed by atoms with E-state index in [2.05, 4.69) is 33.9 Å². The molecule has 5 nitrogen and oxygen atoms in total. The highest BCUT2D eigenvalue weighted by molar-refractivity contribution is 5.97. The molecule has 0 bridgehead atoms. The molecule has 3 rings (SSSR count). The molecule has 0 saturated carbocycles. The fraction of sp³-hybridized carbons (Fsp3) is 0.667. The number of allylic oxidation sites excluding steroid dienone is 5. The standard InChI is InChI=1S/C27H43N3O2/c1-5-8-12-22(6-2)27(31)23-19-25(21(4)28-20-23)32-26(7-3)30-17-13-24(14-18-30)29-15-10-9-11-16-29/h5,7-8,12,19,23-24,27,31H,6,9-11,13-18,20H2,1-4H3. The summed E-state index contributed by atoms with van der Waals surface area (Å²) in [7, 11) is 0. The van der Waals surface area contributed by atoms with Gasteiger partial charge >= 0.3 is 0 Å². The first-order chi connectivity index (χ1) is 15.6. The number of hydrogen-bond donors (Lipinski definition) is 1. The molecule has 0 amide bonds. The molecule has 3 aliphatic rings. The van der Waals surface area contributed by atoms with Gasteiger partial charge < -0.3 is 19.6 Å². The van der Waals surface area contributed by atoms with Crippen molar-refractivity contribution in [3.05, 3.63) is 47.6 Å². The predicted octanol–water partition coefficient (Wildman–Crippen LogP) is 5.06. The molecule has 2 saturated heterocycles. The Hall–Kier alpha value is -1.85. The Bertz CT molecular complexity index is 751. The van der Waals surface area contributed by atoms with Crippen molar-refractivity contribution in [2.24, 2.45) is 10.9 Å². The molecule has 2 atom stereocenters. The van der Waals surface area contributed by atoms with Crippen LogP contribution >= 0.6 is 0 Å². The molecular weight excluding hydrogens is 398 g/mol. The van der Waals surface area contributed by atoms with Gasteiger partial charge in [0.25, 0.3) is 0 Å². The van der Waals surface area contributed by atoms with E-state index in [1.807, 2.05) is 39.0 Å². The first-order valence-electron chi connectivity index (χ1n) is 12.6. The Morgan fingerprint density at radius 2 is 1.91 bits per heavy atom. The van der Waals surface area contributed by atoms with Crippen molar-refractivity contribution in [2.45, 2.75) is 78.4 Å². The molecule has 3 aliphatic heterocycles. The Balaban J connectivity index is 1.62. The number of rotatable bonds is 8. The smallest absolute Gasteiger partial charge is 0.191 e. The first-order valence-corrected chi connectivity index (χ1v) is 12.6. The molecular formula is C27H43N3O2. The Morgan fingerprint density at radius 3 is 2.53 bits per heavy atom. The van der Waals surface area contributed by atoms with Gasteiger partial charge in [-0.05, 0) is 83.7 Å². The maximum atomic E-state index is 11.0. The van der Waals surface area contributed by atoms with Crippen molar-refractivity contribution in [3.63, 3.8) is 0 Å². The van der Waals surface area contributed by atoms with Crippen molar-refractivity contribution >= 4 is 5.71 Å². The summed E-state index contributed by atoms with van der Waals surface area (Å²) >= 11 is 0. The third kappa shape index (κ3) is 6.35. The van der Waals surface area contributed by atoms with Crippen LogP contribution in [0.25, 0.3) is 0 Å². The van der Waals surface area contributed by atoms with Crippen LogP contribution in [-0.2, 0) is 4.74 Å². The Labute approximate surface area is 195 Å². The van der Waals surface area contributed by atoms with Gasteiger partial charge in [0.1, 0.15) is 5.76 Å². The summed E-state index contributed by atoms with van der Waals surface area (Å²) in [6.45, 7) is 13.3. The van der Waals surface area contributed by atoms with E-state index in [1.54, 1.807) is 0 Å². The average molecular weight is 442 g/mol. The minimum Gasteiger partial charge on any atom is -0.440 e. The topological polar surface area (TPSA) is 48.3 Å². The lowest BCUT2D eigenvalue weighted by atomic mass is 9.91. The zero-order chi connectivity index (χ0) is 22.9. The van der Waals surface area contributed by atoms with Crippen molar-refractivity contribution < 1.29 is 9.84 Å². The van der Waals surface area contributed by atoms with Crippen LogP contribution in [0.5, 0.6) is 0 Å². The van der Waals surface area contributed by atoms with Crippen LogP contribution in [-0.4, -0.2) is 65.5 Å². The minimum absolute atomic E-state index is 0.0619. The van der Waals surface area contributed by atoms with Crippen LogP contribution in [0.3, 0.4) is 0 Å². The molecule has 0 spiro atoms. The summed E-state index contributed by atoms with van der Waals surface area (Å²) in [5, 5.41) is 11.0. The zero-order valence-corrected chi connectivity index (χ0v) is 20.6. The number of dihydropyridines is 1. The molecule has 0 aliphatic carbocycles. The maximum Gasteiger partial charge on any atom is 0.191 e. The van der Waals surface area contributed by atoms with E-state index in [4.69, 9.17) is 4.74 Å². The van der Waals surface area contributed by atoms with Crippen LogP contribution in [0.4, 0.5) is 0 Å². The lowest BCUT2D eigenvalue weighted by Crippen LogP contribution is -2.46. The SMILES string of the molecule is CC=CC=C(CC)C(O)C1C=C(OC(=CC)N2CCC(N3CCCCC3)CC2)C(C)=NC1. The lowest BCUT2D eigenvalue weighted by molar-refractivity contribution is 0.0770. The molecule has 32 heavy (non-hydrogen) atoms. The molecule has 0 aromatic heterocycles. The number of piperidine rings is 2. The second-order valence-corrected chi connectivity index (χ2v) is 9.23. The first kappa shape index (κ1) is 24.8. The summed E-state index contributed by atoms with van der Waals surface area (Å²) in [6, 6.07) is 0.720. The van der Waals surface area contributed by atoms with Gasteiger partial charge in [0.2, 0.25) is 0 Å². The third-order valence-corrected chi connectivity index (χ3v) is 7.10. The van der Waals surface area contributed by atoms with E-state index in [0.717, 1.165) is 48.5 Å². The van der Waals surface area contributed by atoms with Gasteiger partial charge in [0.15, 0.2) is 5.88 Å². The van der Waals surface area contributed by atoms with Crippen LogP contribution in [0.2, 0.25) is 0 Å². The van der Waals surface area contributed by atoms with E-state index < -0.39 is 6.10 Å². The summed E-state index contributed by atoms with van der Waals surface area (Å²) in [5.74, 6) is 1.64. The summed E-state index contributed by atoms with van der Waals surface area (Å²) in [4.78, 5) is 9.76. The fourth-order valence-electron chi connectivity index (χ4n) is 5.06. The highest BCUT2D eigenvalue weighted by Crippen LogP contribution is 2.27. The molecule has 178 valence electrons. The highest BCUT2D eigenvalue weighted by atomic mass is 16.5. The number of likely N-dealkylation sites (tertiary alicyclic amines) is 2. The number of ether oxygens (including phenoxy) is 1. The summed E-state index contributed by atoms with van der Waals surface area (Å²) < 4.78 is 6.41. The van der Waals surface area contributed by atoms with E-state index in [-0.39, 0.29) is 5.92 Å². The number of nitrogens with zero attached hydrogens (tertiary/aromatic N) is 3. The predicted molar refractivity (Wildman–Crippen MR) is 134 cm³/mol. The average Bonchev–Trinajstić information content (AvgIpc) is 2.84. The fourth-order valence-corrected chi connectivity index (χ4v) is 5.06. The molecule has 3 heterocycles. The Kier molecular flexibility index (Phi) is 9.61. The molecule has 0 aromatic rings. The molecule has 2 fully saturated rings. The number of aliphatic imine (C=N–C) groups is 1. The van der Waals surface area contributed by atoms with Gasteiger partial charge in [0.05, 0.1) is 11.8 Å². The number of aliphatic hydroxyl groups excluding tert-OH is 1. The molecule has 2 unspecified atom stereocenters. The highest BCUT2D eigenvalue weighted by Gasteiger charge is 2.29. The lowest BCUT2D eigenvalue weighted by Gasteiger charge is -2.41. The number of hydrogen-bond acceptors (Lipinski definition) is 5. The van der Waals surface area contributed by atoms with E-state index in [0.29, 0.717) is 6.54 Å². The van der Waals surface area contributed by atoms with Gasteiger partial charge in [0, 0.05) is 31.6 Å². The summed E-state index contributed by atoms with van der Waals surface area (Å²) in [5.41, 5.74) is 1.94. The van der Waals surface area contributed by atoms with Crippen molar-refractivity contribution in [1.29, 1.82) is 0 Å². The molecule has 1 N–H and O–H groups in total. The monoisotopic (exact) mass is 441 g/mol. The summed E-state index contributed by atoms with van der Waals surface area (Å²) in [6.07, 6.45) is 16.9. The normalized spacial score (nSPS) is 25.7. The van der Waals surface area contributed by atoms with Crippen LogP contribution < -0.4 is 0 Å². The minimum atomic E-state index is -0.541. The molecule has 0 radical (unpaired) electrons. The van der Waals surface area contributed by atoms with Gasteiger partial charge in [-0.25, -0.2) is 0 Å². The van der Waals surface area contributed by atoms with Gasteiger partial charge in [-0.3, -0.25) is 4.99 Å². The Morgan fingerprint density at radius 1 is 1.19 bits per heavy atom. The second-order valence-electron chi connectivity index (χ2n) is 9.23. The van der Waals surface area contributed by atoms with E-state index in [1.165, 1.54) is 45.2 Å². The quantitative estimate of drug-likeness (QED) is 0.422. The van der Waals surface area contributed by atoms with Crippen molar-refractivity contribution in [2.75, 3.05) is 32.7 Å². The van der Waals surface area contributed by atoms with Crippen LogP contribution in [0, 0.1) is 5.92 Å². The molecule has 0 aromatic carbocycles. The van der Waals surface area contributed by atoms with E-state index in [9.17, 15) is 5.11 Å². The van der Waals surface area contributed by atoms with Crippen molar-refractivity contribution in [3.8, 4) is 0 Å². The van der Waals surface area contributed by atoms with Gasteiger partial charge in [-0.1, -0.05) is 31.6 Å². The van der Waals surface area contributed by atoms with Gasteiger partial charge in [-0.15, -0.1) is 0 Å². The van der Waals surface area contributed by atoms with Crippen LogP contribution in [0.15, 0.2) is 52.6 Å². The van der Waals surface area contributed by atoms with E-state index >= 15 is 0 Å². The molecule has 5 heteroatoms. The zero-order valence-electron chi connectivity index (χ0n) is 20.6. The number of aliphatic hydroxyl groups is 1.